The van der Waals surface area contributed by atoms with E-state index in [1.165, 1.54) is 6.07 Å². The summed E-state index contributed by atoms with van der Waals surface area (Å²) in [5.41, 5.74) is 9.10. The van der Waals surface area contributed by atoms with Crippen molar-refractivity contribution in [2.45, 2.75) is 26.3 Å². The number of hydrogen-bond donors (Lipinski definition) is 1. The highest BCUT2D eigenvalue weighted by Gasteiger charge is 2.11. The number of pyridine rings is 1. The van der Waals surface area contributed by atoms with E-state index in [2.05, 4.69) is 18.8 Å². The molecule has 0 amide bonds. The summed E-state index contributed by atoms with van der Waals surface area (Å²) in [6, 6.07) is 8.95. The number of nitrogens with two attached hydrogens (primary N) is 1. The molecule has 0 atom stereocenters. The summed E-state index contributed by atoms with van der Waals surface area (Å²) < 4.78 is 13.4. The Morgan fingerprint density at radius 3 is 2.72 bits per heavy atom. The zero-order valence-corrected chi connectivity index (χ0v) is 10.7. The SMILES string of the molecule is CC(C)c1ncccc1-c1ccc(F)c(CN)c1. The quantitative estimate of drug-likeness (QED) is 0.897. The smallest absolute Gasteiger partial charge is 0.127 e. The summed E-state index contributed by atoms with van der Waals surface area (Å²) in [5, 5.41) is 0. The van der Waals surface area contributed by atoms with Crippen molar-refractivity contribution in [1.82, 2.24) is 4.98 Å². The Morgan fingerprint density at radius 2 is 2.06 bits per heavy atom. The van der Waals surface area contributed by atoms with Crippen molar-refractivity contribution in [3.8, 4) is 11.1 Å². The van der Waals surface area contributed by atoms with Gasteiger partial charge in [0.05, 0.1) is 5.69 Å². The second-order valence-electron chi connectivity index (χ2n) is 4.60. The lowest BCUT2D eigenvalue weighted by Crippen LogP contribution is -2.01. The lowest BCUT2D eigenvalue weighted by atomic mass is 9.96. The van der Waals surface area contributed by atoms with E-state index in [9.17, 15) is 4.39 Å². The molecule has 2 aromatic rings. The molecule has 1 aromatic heterocycles. The third-order valence-corrected chi connectivity index (χ3v) is 2.96. The van der Waals surface area contributed by atoms with Crippen molar-refractivity contribution >= 4 is 0 Å². The van der Waals surface area contributed by atoms with Gasteiger partial charge >= 0.3 is 0 Å². The van der Waals surface area contributed by atoms with Crippen molar-refractivity contribution in [1.29, 1.82) is 0 Å². The summed E-state index contributed by atoms with van der Waals surface area (Å²) >= 11 is 0. The standard InChI is InChI=1S/C15H17FN2/c1-10(2)15-13(4-3-7-18-15)11-5-6-14(16)12(8-11)9-17/h3-8,10H,9,17H2,1-2H3. The van der Waals surface area contributed by atoms with E-state index in [4.69, 9.17) is 5.73 Å². The van der Waals surface area contributed by atoms with Crippen molar-refractivity contribution in [3.05, 3.63) is 53.6 Å². The van der Waals surface area contributed by atoms with Crippen LogP contribution in [0.15, 0.2) is 36.5 Å². The molecule has 0 aliphatic rings. The van der Waals surface area contributed by atoms with Gasteiger partial charge in [-0.05, 0) is 29.7 Å². The molecule has 2 nitrogen and oxygen atoms in total. The highest BCUT2D eigenvalue weighted by Crippen LogP contribution is 2.28. The van der Waals surface area contributed by atoms with Gasteiger partial charge in [0, 0.05) is 23.9 Å². The predicted molar refractivity (Wildman–Crippen MR) is 71.6 cm³/mol. The largest absolute Gasteiger partial charge is 0.326 e. The molecule has 0 radical (unpaired) electrons. The molecule has 0 spiro atoms. The Labute approximate surface area is 107 Å². The van der Waals surface area contributed by atoms with Crippen LogP contribution in [0.2, 0.25) is 0 Å². The zero-order chi connectivity index (χ0) is 13.1. The summed E-state index contributed by atoms with van der Waals surface area (Å²) in [6.45, 7) is 4.40. The second kappa shape index (κ2) is 5.27. The maximum absolute atomic E-state index is 13.4. The molecule has 0 bridgehead atoms. The maximum Gasteiger partial charge on any atom is 0.127 e. The first-order valence-electron chi connectivity index (χ1n) is 6.07. The van der Waals surface area contributed by atoms with Crippen molar-refractivity contribution in [3.63, 3.8) is 0 Å². The third kappa shape index (κ3) is 2.41. The topological polar surface area (TPSA) is 38.9 Å². The van der Waals surface area contributed by atoms with Crippen LogP contribution < -0.4 is 5.73 Å². The molecule has 18 heavy (non-hydrogen) atoms. The molecular weight excluding hydrogens is 227 g/mol. The van der Waals surface area contributed by atoms with Crippen LogP contribution in [0.25, 0.3) is 11.1 Å². The first-order valence-corrected chi connectivity index (χ1v) is 6.07. The molecule has 0 unspecified atom stereocenters. The van der Waals surface area contributed by atoms with Crippen LogP contribution in [-0.2, 0) is 6.54 Å². The monoisotopic (exact) mass is 244 g/mol. The molecule has 2 N–H and O–H groups in total. The van der Waals surface area contributed by atoms with Crippen LogP contribution in [0, 0.1) is 5.82 Å². The molecule has 94 valence electrons. The van der Waals surface area contributed by atoms with Crippen LogP contribution in [0.4, 0.5) is 4.39 Å². The molecule has 0 saturated carbocycles. The fourth-order valence-electron chi connectivity index (χ4n) is 2.02. The number of hydrogen-bond acceptors (Lipinski definition) is 2. The van der Waals surface area contributed by atoms with Crippen molar-refractivity contribution < 1.29 is 4.39 Å². The fourth-order valence-corrected chi connectivity index (χ4v) is 2.02. The number of benzene rings is 1. The minimum absolute atomic E-state index is 0.205. The Balaban J connectivity index is 2.55. The van der Waals surface area contributed by atoms with Crippen LogP contribution in [0.5, 0.6) is 0 Å². The average molecular weight is 244 g/mol. The molecule has 0 aliphatic heterocycles. The van der Waals surface area contributed by atoms with Gasteiger partial charge in [-0.1, -0.05) is 26.0 Å². The number of nitrogens with zero attached hydrogens (tertiary/aromatic N) is 1. The van der Waals surface area contributed by atoms with Gasteiger partial charge < -0.3 is 5.73 Å². The van der Waals surface area contributed by atoms with Gasteiger partial charge in [0.2, 0.25) is 0 Å². The molecule has 1 aromatic carbocycles. The molecule has 2 rings (SSSR count). The van der Waals surface area contributed by atoms with Gasteiger partial charge in [-0.15, -0.1) is 0 Å². The fraction of sp³-hybridized carbons (Fsp3) is 0.267. The zero-order valence-electron chi connectivity index (χ0n) is 10.7. The van der Waals surface area contributed by atoms with E-state index < -0.39 is 0 Å². The minimum Gasteiger partial charge on any atom is -0.326 e. The average Bonchev–Trinajstić information content (AvgIpc) is 2.39. The summed E-state index contributed by atoms with van der Waals surface area (Å²) in [5.74, 6) is 0.0730. The van der Waals surface area contributed by atoms with Gasteiger partial charge in [-0.3, -0.25) is 4.98 Å². The van der Waals surface area contributed by atoms with Crippen LogP contribution in [0.3, 0.4) is 0 Å². The van der Waals surface area contributed by atoms with E-state index in [0.717, 1.165) is 16.8 Å². The third-order valence-electron chi connectivity index (χ3n) is 2.96. The van der Waals surface area contributed by atoms with Crippen LogP contribution in [0.1, 0.15) is 31.0 Å². The van der Waals surface area contributed by atoms with Crippen LogP contribution in [-0.4, -0.2) is 4.98 Å². The van der Waals surface area contributed by atoms with Crippen LogP contribution >= 0.6 is 0 Å². The van der Waals surface area contributed by atoms with Crippen molar-refractivity contribution in [2.75, 3.05) is 0 Å². The van der Waals surface area contributed by atoms with E-state index in [1.54, 1.807) is 18.3 Å². The summed E-state index contributed by atoms with van der Waals surface area (Å²) in [7, 11) is 0. The Morgan fingerprint density at radius 1 is 1.28 bits per heavy atom. The highest BCUT2D eigenvalue weighted by atomic mass is 19.1. The van der Waals surface area contributed by atoms with Gasteiger partial charge in [0.15, 0.2) is 0 Å². The molecule has 3 heteroatoms. The van der Waals surface area contributed by atoms with Gasteiger partial charge in [-0.25, -0.2) is 4.39 Å². The maximum atomic E-state index is 13.4. The summed E-state index contributed by atoms with van der Waals surface area (Å²) in [4.78, 5) is 4.41. The highest BCUT2D eigenvalue weighted by molar-refractivity contribution is 5.67. The number of aromatic nitrogens is 1. The van der Waals surface area contributed by atoms with Crippen molar-refractivity contribution in [2.24, 2.45) is 5.73 Å². The van der Waals surface area contributed by atoms with Gasteiger partial charge in [0.1, 0.15) is 5.82 Å². The minimum atomic E-state index is -0.253. The lowest BCUT2D eigenvalue weighted by Gasteiger charge is -2.12. The first kappa shape index (κ1) is 12.7. The Bertz CT molecular complexity index is 550. The number of halogens is 1. The molecule has 0 saturated heterocycles. The molecule has 0 fully saturated rings. The van der Waals surface area contributed by atoms with Gasteiger partial charge in [-0.2, -0.15) is 0 Å². The van der Waals surface area contributed by atoms with Gasteiger partial charge in [0.25, 0.3) is 0 Å². The second-order valence-corrected chi connectivity index (χ2v) is 4.60. The predicted octanol–water partition coefficient (Wildman–Crippen LogP) is 3.47. The lowest BCUT2D eigenvalue weighted by molar-refractivity contribution is 0.611. The van der Waals surface area contributed by atoms with E-state index in [-0.39, 0.29) is 12.4 Å². The molecule has 0 aliphatic carbocycles. The first-order chi connectivity index (χ1) is 8.63. The normalized spacial score (nSPS) is 10.9. The van der Waals surface area contributed by atoms with E-state index in [1.807, 2.05) is 12.1 Å². The van der Waals surface area contributed by atoms with E-state index in [0.29, 0.717) is 11.5 Å². The Hall–Kier alpha value is -1.74. The Kier molecular flexibility index (Phi) is 3.72. The molecule has 1 heterocycles. The van der Waals surface area contributed by atoms with E-state index >= 15 is 0 Å². The number of rotatable bonds is 3. The molecular formula is C15H17FN2. The summed E-state index contributed by atoms with van der Waals surface area (Å²) in [6.07, 6.45) is 1.78.